The minimum Gasteiger partial charge on any atom is -0.357 e. The smallest absolute Gasteiger partial charge is 0.225 e. The van der Waals surface area contributed by atoms with E-state index in [0.29, 0.717) is 0 Å². The Bertz CT molecular complexity index is 770. The molecule has 3 rings (SSSR count). The van der Waals surface area contributed by atoms with E-state index in [0.717, 1.165) is 64.3 Å². The standard InChI is InChI=1S/C22H33N7/c1-4-23-21(27(3)18-20-9-6-5-8-19(20)2)26-12-13-28-14-16-29(17-15-28)22-24-10-7-11-25-22/h5-11H,4,12-18H2,1-3H3,(H,23,26). The number of guanidine groups is 1. The quantitative estimate of drug-likeness (QED) is 0.572. The van der Waals surface area contributed by atoms with Gasteiger partial charge in [0.05, 0.1) is 6.54 Å². The molecule has 0 bridgehead atoms. The zero-order valence-corrected chi connectivity index (χ0v) is 17.9. The second kappa shape index (κ2) is 10.8. The minimum atomic E-state index is 0.794. The number of benzene rings is 1. The van der Waals surface area contributed by atoms with E-state index in [2.05, 4.69) is 75.1 Å². The largest absolute Gasteiger partial charge is 0.357 e. The predicted molar refractivity (Wildman–Crippen MR) is 119 cm³/mol. The molecular weight excluding hydrogens is 362 g/mol. The van der Waals surface area contributed by atoms with Crippen molar-refractivity contribution in [1.29, 1.82) is 0 Å². The highest BCUT2D eigenvalue weighted by Gasteiger charge is 2.18. The van der Waals surface area contributed by atoms with Crippen LogP contribution in [-0.2, 0) is 6.54 Å². The fraction of sp³-hybridized carbons (Fsp3) is 0.500. The second-order valence-electron chi connectivity index (χ2n) is 7.40. The van der Waals surface area contributed by atoms with E-state index in [1.807, 2.05) is 6.07 Å². The van der Waals surface area contributed by atoms with Gasteiger partial charge in [0.15, 0.2) is 5.96 Å². The molecule has 1 aromatic carbocycles. The molecule has 156 valence electrons. The average molecular weight is 396 g/mol. The number of piperazine rings is 1. The lowest BCUT2D eigenvalue weighted by molar-refractivity contribution is 0.263. The van der Waals surface area contributed by atoms with Gasteiger partial charge in [0.2, 0.25) is 5.95 Å². The first-order valence-electron chi connectivity index (χ1n) is 10.5. The van der Waals surface area contributed by atoms with Crippen LogP contribution < -0.4 is 10.2 Å². The summed E-state index contributed by atoms with van der Waals surface area (Å²) in [5.41, 5.74) is 2.65. The molecule has 0 spiro atoms. The molecule has 1 aliphatic rings. The number of aromatic nitrogens is 2. The van der Waals surface area contributed by atoms with Crippen LogP contribution in [0.4, 0.5) is 5.95 Å². The molecule has 7 heteroatoms. The Kier molecular flexibility index (Phi) is 7.81. The lowest BCUT2D eigenvalue weighted by Crippen LogP contribution is -2.47. The Morgan fingerprint density at radius 1 is 1.10 bits per heavy atom. The van der Waals surface area contributed by atoms with Crippen LogP contribution in [0.2, 0.25) is 0 Å². The van der Waals surface area contributed by atoms with Gasteiger partial charge < -0.3 is 15.1 Å². The van der Waals surface area contributed by atoms with E-state index in [4.69, 9.17) is 4.99 Å². The predicted octanol–water partition coefficient (Wildman–Crippen LogP) is 2.00. The van der Waals surface area contributed by atoms with Crippen LogP contribution in [-0.4, -0.2) is 78.6 Å². The van der Waals surface area contributed by atoms with Crippen molar-refractivity contribution in [2.24, 2.45) is 4.99 Å². The molecule has 1 aromatic heterocycles. The first-order valence-corrected chi connectivity index (χ1v) is 10.5. The van der Waals surface area contributed by atoms with Crippen LogP contribution in [0.5, 0.6) is 0 Å². The fourth-order valence-corrected chi connectivity index (χ4v) is 3.51. The number of rotatable bonds is 7. The van der Waals surface area contributed by atoms with E-state index in [-0.39, 0.29) is 0 Å². The minimum absolute atomic E-state index is 0.794. The van der Waals surface area contributed by atoms with Crippen molar-refractivity contribution in [2.45, 2.75) is 20.4 Å². The lowest BCUT2D eigenvalue weighted by atomic mass is 10.1. The zero-order chi connectivity index (χ0) is 20.5. The van der Waals surface area contributed by atoms with Crippen LogP contribution in [0.3, 0.4) is 0 Å². The Balaban J connectivity index is 1.48. The number of nitrogens with one attached hydrogen (secondary N) is 1. The summed E-state index contributed by atoms with van der Waals surface area (Å²) in [6.07, 6.45) is 3.61. The second-order valence-corrected chi connectivity index (χ2v) is 7.40. The Morgan fingerprint density at radius 2 is 1.83 bits per heavy atom. The summed E-state index contributed by atoms with van der Waals surface area (Å²) in [7, 11) is 2.10. The molecular formula is C22H33N7. The van der Waals surface area contributed by atoms with Gasteiger partial charge >= 0.3 is 0 Å². The molecule has 0 saturated carbocycles. The molecule has 0 atom stereocenters. The summed E-state index contributed by atoms with van der Waals surface area (Å²) in [6.45, 7) is 11.7. The number of anilines is 1. The maximum absolute atomic E-state index is 4.86. The molecule has 29 heavy (non-hydrogen) atoms. The van der Waals surface area contributed by atoms with Crippen molar-refractivity contribution in [1.82, 2.24) is 25.1 Å². The van der Waals surface area contributed by atoms with Gasteiger partial charge in [-0.1, -0.05) is 24.3 Å². The van der Waals surface area contributed by atoms with E-state index in [1.54, 1.807) is 12.4 Å². The summed E-state index contributed by atoms with van der Waals surface area (Å²) < 4.78 is 0. The van der Waals surface area contributed by atoms with Crippen LogP contribution in [0.15, 0.2) is 47.7 Å². The van der Waals surface area contributed by atoms with E-state index in [9.17, 15) is 0 Å². The summed E-state index contributed by atoms with van der Waals surface area (Å²) in [5, 5.41) is 3.42. The molecule has 0 aliphatic carbocycles. The van der Waals surface area contributed by atoms with Crippen molar-refractivity contribution in [3.05, 3.63) is 53.9 Å². The summed E-state index contributed by atoms with van der Waals surface area (Å²) in [5.74, 6) is 1.80. The molecule has 0 amide bonds. The number of hydrogen-bond donors (Lipinski definition) is 1. The molecule has 0 unspecified atom stereocenters. The third kappa shape index (κ3) is 6.15. The molecule has 0 radical (unpaired) electrons. The maximum atomic E-state index is 4.86. The average Bonchev–Trinajstić information content (AvgIpc) is 2.76. The molecule has 2 heterocycles. The van der Waals surface area contributed by atoms with Crippen molar-refractivity contribution in [3.8, 4) is 0 Å². The normalized spacial score (nSPS) is 15.4. The number of aliphatic imine (C=N–C) groups is 1. The Morgan fingerprint density at radius 3 is 2.52 bits per heavy atom. The van der Waals surface area contributed by atoms with Gasteiger partial charge in [0.1, 0.15) is 0 Å². The number of hydrogen-bond acceptors (Lipinski definition) is 5. The highest BCUT2D eigenvalue weighted by Crippen LogP contribution is 2.11. The molecule has 1 N–H and O–H groups in total. The zero-order valence-electron chi connectivity index (χ0n) is 17.9. The van der Waals surface area contributed by atoms with E-state index >= 15 is 0 Å². The van der Waals surface area contributed by atoms with Crippen molar-refractivity contribution in [3.63, 3.8) is 0 Å². The maximum Gasteiger partial charge on any atom is 0.225 e. The van der Waals surface area contributed by atoms with E-state index in [1.165, 1.54) is 11.1 Å². The van der Waals surface area contributed by atoms with E-state index < -0.39 is 0 Å². The Labute approximate surface area is 174 Å². The fourth-order valence-electron chi connectivity index (χ4n) is 3.51. The monoisotopic (exact) mass is 395 g/mol. The van der Waals surface area contributed by atoms with Gasteiger partial charge in [0, 0.05) is 65.3 Å². The molecule has 1 aliphatic heterocycles. The van der Waals surface area contributed by atoms with Gasteiger partial charge in [-0.3, -0.25) is 9.89 Å². The summed E-state index contributed by atoms with van der Waals surface area (Å²) in [6, 6.07) is 10.4. The van der Waals surface area contributed by atoms with Gasteiger partial charge in [0.25, 0.3) is 0 Å². The van der Waals surface area contributed by atoms with Crippen LogP contribution in [0.1, 0.15) is 18.1 Å². The van der Waals surface area contributed by atoms with Crippen molar-refractivity contribution < 1.29 is 0 Å². The summed E-state index contributed by atoms with van der Waals surface area (Å²) >= 11 is 0. The van der Waals surface area contributed by atoms with Crippen molar-refractivity contribution >= 4 is 11.9 Å². The van der Waals surface area contributed by atoms with Crippen LogP contribution in [0.25, 0.3) is 0 Å². The third-order valence-electron chi connectivity index (χ3n) is 5.25. The molecule has 7 nitrogen and oxygen atoms in total. The van der Waals surface area contributed by atoms with Gasteiger partial charge in [-0.25, -0.2) is 9.97 Å². The number of nitrogens with zero attached hydrogens (tertiary/aromatic N) is 6. The van der Waals surface area contributed by atoms with Gasteiger partial charge in [-0.2, -0.15) is 0 Å². The Hall–Kier alpha value is -2.67. The van der Waals surface area contributed by atoms with Crippen molar-refractivity contribution in [2.75, 3.05) is 57.8 Å². The van der Waals surface area contributed by atoms with Crippen LogP contribution in [0, 0.1) is 6.92 Å². The molecule has 1 fully saturated rings. The highest BCUT2D eigenvalue weighted by molar-refractivity contribution is 5.79. The third-order valence-corrected chi connectivity index (χ3v) is 5.25. The number of aryl methyl sites for hydroxylation is 1. The first kappa shape index (κ1) is 21.0. The highest BCUT2D eigenvalue weighted by atomic mass is 15.3. The molecule has 1 saturated heterocycles. The first-order chi connectivity index (χ1) is 14.2. The summed E-state index contributed by atoms with van der Waals surface area (Å²) in [4.78, 5) is 20.5. The lowest BCUT2D eigenvalue weighted by Gasteiger charge is -2.34. The van der Waals surface area contributed by atoms with Gasteiger partial charge in [-0.05, 0) is 31.0 Å². The van der Waals surface area contributed by atoms with Gasteiger partial charge in [-0.15, -0.1) is 0 Å². The van der Waals surface area contributed by atoms with Crippen LogP contribution >= 0.6 is 0 Å². The SMILES string of the molecule is CCNC(=NCCN1CCN(c2ncccn2)CC1)N(C)Cc1ccccc1C. The topological polar surface area (TPSA) is 59.9 Å². The molecule has 2 aromatic rings.